The van der Waals surface area contributed by atoms with Crippen molar-refractivity contribution < 1.29 is 9.15 Å². The maximum Gasteiger partial charge on any atom is 0.249 e. The van der Waals surface area contributed by atoms with E-state index in [0.717, 1.165) is 43.2 Å². The van der Waals surface area contributed by atoms with E-state index >= 15 is 0 Å². The fraction of sp³-hybridized carbons (Fsp3) is 0.300. The van der Waals surface area contributed by atoms with Gasteiger partial charge in [-0.15, -0.1) is 10.2 Å². The van der Waals surface area contributed by atoms with Gasteiger partial charge < -0.3 is 14.1 Å². The van der Waals surface area contributed by atoms with Crippen molar-refractivity contribution in [3.05, 3.63) is 59.4 Å². The van der Waals surface area contributed by atoms with Gasteiger partial charge in [0.15, 0.2) is 0 Å². The van der Waals surface area contributed by atoms with Crippen molar-refractivity contribution in [2.45, 2.75) is 6.54 Å². The topological polar surface area (TPSA) is 54.6 Å². The lowest BCUT2D eigenvalue weighted by atomic mass is 10.2. The van der Waals surface area contributed by atoms with Crippen LogP contribution in [0.2, 0.25) is 5.02 Å². The van der Waals surface area contributed by atoms with E-state index in [1.54, 1.807) is 7.11 Å². The predicted molar refractivity (Wildman–Crippen MR) is 105 cm³/mol. The summed E-state index contributed by atoms with van der Waals surface area (Å²) in [6.45, 7) is 4.32. The van der Waals surface area contributed by atoms with E-state index in [-0.39, 0.29) is 0 Å². The summed E-state index contributed by atoms with van der Waals surface area (Å²) in [7, 11) is 1.71. The van der Waals surface area contributed by atoms with Crippen LogP contribution in [-0.4, -0.2) is 48.4 Å². The molecule has 0 radical (unpaired) electrons. The zero-order chi connectivity index (χ0) is 18.6. The van der Waals surface area contributed by atoms with Crippen LogP contribution in [0, 0.1) is 0 Å². The second kappa shape index (κ2) is 7.98. The number of piperazine rings is 1. The summed E-state index contributed by atoms with van der Waals surface area (Å²) in [6, 6.07) is 15.6. The fourth-order valence-electron chi connectivity index (χ4n) is 3.29. The van der Waals surface area contributed by atoms with Crippen molar-refractivity contribution in [3.63, 3.8) is 0 Å². The van der Waals surface area contributed by atoms with E-state index in [1.165, 1.54) is 0 Å². The van der Waals surface area contributed by atoms with Crippen LogP contribution in [0.25, 0.3) is 11.5 Å². The Morgan fingerprint density at radius 2 is 1.74 bits per heavy atom. The normalized spacial score (nSPS) is 15.1. The summed E-state index contributed by atoms with van der Waals surface area (Å²) >= 11 is 6.20. The molecule has 2 heterocycles. The van der Waals surface area contributed by atoms with Crippen molar-refractivity contribution in [3.8, 4) is 17.2 Å². The molecule has 27 heavy (non-hydrogen) atoms. The molecule has 1 aliphatic rings. The summed E-state index contributed by atoms with van der Waals surface area (Å²) in [5.41, 5.74) is 1.90. The monoisotopic (exact) mass is 384 g/mol. The Morgan fingerprint density at radius 1 is 1.00 bits per heavy atom. The van der Waals surface area contributed by atoms with Gasteiger partial charge in [-0.1, -0.05) is 35.9 Å². The van der Waals surface area contributed by atoms with Gasteiger partial charge in [-0.25, -0.2) is 0 Å². The van der Waals surface area contributed by atoms with Crippen LogP contribution in [0.5, 0.6) is 5.75 Å². The van der Waals surface area contributed by atoms with Crippen LogP contribution in [-0.2, 0) is 6.54 Å². The van der Waals surface area contributed by atoms with Crippen molar-refractivity contribution in [2.75, 3.05) is 38.2 Å². The van der Waals surface area contributed by atoms with Crippen LogP contribution in [0.4, 0.5) is 5.69 Å². The van der Waals surface area contributed by atoms with Crippen molar-refractivity contribution in [2.24, 2.45) is 0 Å². The maximum absolute atomic E-state index is 6.20. The molecule has 140 valence electrons. The minimum atomic E-state index is 0.461. The van der Waals surface area contributed by atoms with Gasteiger partial charge in [0, 0.05) is 26.2 Å². The van der Waals surface area contributed by atoms with E-state index in [4.69, 9.17) is 20.8 Å². The minimum Gasteiger partial charge on any atom is -0.495 e. The Hall–Kier alpha value is -2.57. The number of hydrogen-bond donors (Lipinski definition) is 0. The van der Waals surface area contributed by atoms with E-state index < -0.39 is 0 Å². The second-order valence-electron chi connectivity index (χ2n) is 6.42. The summed E-state index contributed by atoms with van der Waals surface area (Å²) in [4.78, 5) is 4.66. The molecule has 0 saturated carbocycles. The first-order valence-corrected chi connectivity index (χ1v) is 9.30. The highest BCUT2D eigenvalue weighted by Crippen LogP contribution is 2.29. The molecule has 1 fully saturated rings. The highest BCUT2D eigenvalue weighted by atomic mass is 35.5. The second-order valence-corrected chi connectivity index (χ2v) is 6.82. The van der Waals surface area contributed by atoms with Crippen LogP contribution < -0.4 is 9.64 Å². The lowest BCUT2D eigenvalue weighted by Crippen LogP contribution is -2.46. The van der Waals surface area contributed by atoms with E-state index in [2.05, 4.69) is 26.1 Å². The largest absolute Gasteiger partial charge is 0.495 e. The lowest BCUT2D eigenvalue weighted by molar-refractivity contribution is 0.226. The van der Waals surface area contributed by atoms with Gasteiger partial charge in [-0.05, 0) is 24.3 Å². The minimum absolute atomic E-state index is 0.461. The first-order valence-electron chi connectivity index (χ1n) is 8.92. The van der Waals surface area contributed by atoms with Gasteiger partial charge in [0.2, 0.25) is 11.8 Å². The number of aromatic nitrogens is 2. The van der Waals surface area contributed by atoms with Gasteiger partial charge in [0.05, 0.1) is 29.9 Å². The SMILES string of the molecule is COc1ccccc1N1CCN(Cc2nnc(-c3ccccc3Cl)o2)CC1. The standard InChI is InChI=1S/C20H21ClN4O2/c1-26-18-9-5-4-8-17(18)25-12-10-24(11-13-25)14-19-22-23-20(27-19)15-6-2-3-7-16(15)21/h2-9H,10-14H2,1H3. The number of methoxy groups -OCH3 is 1. The Labute approximate surface area is 163 Å². The molecular formula is C20H21ClN4O2. The third kappa shape index (κ3) is 3.91. The Bertz CT molecular complexity index is 906. The van der Waals surface area contributed by atoms with Crippen LogP contribution in [0.3, 0.4) is 0 Å². The molecular weight excluding hydrogens is 364 g/mol. The predicted octanol–water partition coefficient (Wildman–Crippen LogP) is 3.72. The van der Waals surface area contributed by atoms with Crippen LogP contribution in [0.15, 0.2) is 52.9 Å². The van der Waals surface area contributed by atoms with E-state index in [0.29, 0.717) is 23.3 Å². The number of anilines is 1. The Balaban J connectivity index is 1.38. The molecule has 1 aliphatic heterocycles. The first kappa shape index (κ1) is 17.8. The molecule has 0 N–H and O–H groups in total. The molecule has 0 spiro atoms. The number of benzene rings is 2. The number of hydrogen-bond acceptors (Lipinski definition) is 6. The van der Waals surface area contributed by atoms with E-state index in [9.17, 15) is 0 Å². The summed E-state index contributed by atoms with van der Waals surface area (Å²) in [5, 5.41) is 8.93. The molecule has 0 unspecified atom stereocenters. The highest BCUT2D eigenvalue weighted by molar-refractivity contribution is 6.33. The molecule has 4 rings (SSSR count). The van der Waals surface area contributed by atoms with Gasteiger partial charge in [0.1, 0.15) is 5.75 Å². The van der Waals surface area contributed by atoms with E-state index in [1.807, 2.05) is 42.5 Å². The molecule has 7 heteroatoms. The van der Waals surface area contributed by atoms with Gasteiger partial charge in [0.25, 0.3) is 0 Å². The van der Waals surface area contributed by atoms with Crippen molar-refractivity contribution >= 4 is 17.3 Å². The number of nitrogens with zero attached hydrogens (tertiary/aromatic N) is 4. The molecule has 3 aromatic rings. The molecule has 1 aromatic heterocycles. The van der Waals surface area contributed by atoms with Gasteiger partial charge in [-0.2, -0.15) is 0 Å². The Kier molecular flexibility index (Phi) is 5.27. The zero-order valence-electron chi connectivity index (χ0n) is 15.1. The lowest BCUT2D eigenvalue weighted by Gasteiger charge is -2.35. The average Bonchev–Trinajstić information content (AvgIpc) is 3.17. The smallest absolute Gasteiger partial charge is 0.249 e. The van der Waals surface area contributed by atoms with Crippen molar-refractivity contribution in [1.29, 1.82) is 0 Å². The third-order valence-electron chi connectivity index (χ3n) is 4.73. The molecule has 1 saturated heterocycles. The molecule has 0 bridgehead atoms. The molecule has 0 aliphatic carbocycles. The molecule has 6 nitrogen and oxygen atoms in total. The quantitative estimate of drug-likeness (QED) is 0.668. The summed E-state index contributed by atoms with van der Waals surface area (Å²) in [5.74, 6) is 1.98. The first-order chi connectivity index (χ1) is 13.2. The average molecular weight is 385 g/mol. The molecule has 0 amide bonds. The summed E-state index contributed by atoms with van der Waals surface area (Å²) < 4.78 is 11.3. The Morgan fingerprint density at radius 3 is 2.52 bits per heavy atom. The van der Waals surface area contributed by atoms with Crippen LogP contribution >= 0.6 is 11.6 Å². The molecule has 2 aromatic carbocycles. The van der Waals surface area contributed by atoms with Gasteiger partial charge >= 0.3 is 0 Å². The number of ether oxygens (including phenoxy) is 1. The third-order valence-corrected chi connectivity index (χ3v) is 5.06. The maximum atomic E-state index is 6.20. The zero-order valence-corrected chi connectivity index (χ0v) is 15.9. The highest BCUT2D eigenvalue weighted by Gasteiger charge is 2.21. The van der Waals surface area contributed by atoms with Gasteiger partial charge in [-0.3, -0.25) is 4.90 Å². The van der Waals surface area contributed by atoms with Crippen molar-refractivity contribution in [1.82, 2.24) is 15.1 Å². The summed E-state index contributed by atoms with van der Waals surface area (Å²) in [6.07, 6.45) is 0. The number of para-hydroxylation sites is 2. The fourth-order valence-corrected chi connectivity index (χ4v) is 3.51. The number of rotatable bonds is 5. The number of halogens is 1. The van der Waals surface area contributed by atoms with Crippen LogP contribution in [0.1, 0.15) is 5.89 Å². The molecule has 0 atom stereocenters.